The highest BCUT2D eigenvalue weighted by atomic mass is 16.1. The predicted molar refractivity (Wildman–Crippen MR) is 75.1 cm³/mol. The second-order valence-electron chi connectivity index (χ2n) is 5.86. The number of hydrogen-bond acceptors (Lipinski definition) is 3. The molecule has 1 aliphatic carbocycles. The van der Waals surface area contributed by atoms with Crippen molar-refractivity contribution in [2.24, 2.45) is 5.92 Å². The number of carbonyl (C=O) groups is 1. The van der Waals surface area contributed by atoms with Crippen molar-refractivity contribution in [3.8, 4) is 0 Å². The van der Waals surface area contributed by atoms with Gasteiger partial charge in [-0.2, -0.15) is 0 Å². The average molecular weight is 258 g/mol. The van der Waals surface area contributed by atoms with Gasteiger partial charge in [0.15, 0.2) is 0 Å². The fourth-order valence-corrected chi connectivity index (χ4v) is 3.44. The van der Waals surface area contributed by atoms with Gasteiger partial charge in [0.25, 0.3) is 0 Å². The van der Waals surface area contributed by atoms with E-state index in [0.717, 1.165) is 57.3 Å². The molecular weight excluding hydrogens is 236 g/mol. The van der Waals surface area contributed by atoms with Crippen LogP contribution in [0.15, 0.2) is 18.3 Å². The van der Waals surface area contributed by atoms with Gasteiger partial charge in [-0.15, -0.1) is 0 Å². The highest BCUT2D eigenvalue weighted by molar-refractivity contribution is 5.86. The van der Waals surface area contributed by atoms with Crippen LogP contribution in [0.5, 0.6) is 0 Å². The molecule has 2 aliphatic rings. The Morgan fingerprint density at radius 2 is 2.16 bits per heavy atom. The minimum absolute atomic E-state index is 0.0693. The summed E-state index contributed by atoms with van der Waals surface area (Å²) in [6, 6.07) is 4.12. The summed E-state index contributed by atoms with van der Waals surface area (Å²) in [5.41, 5.74) is 2.35. The summed E-state index contributed by atoms with van der Waals surface area (Å²) >= 11 is 0. The lowest BCUT2D eigenvalue weighted by Gasteiger charge is -2.26. The van der Waals surface area contributed by atoms with Crippen molar-refractivity contribution >= 4 is 5.78 Å². The van der Waals surface area contributed by atoms with E-state index in [1.807, 2.05) is 12.3 Å². The van der Waals surface area contributed by atoms with E-state index in [2.05, 4.69) is 16.4 Å². The van der Waals surface area contributed by atoms with E-state index in [4.69, 9.17) is 0 Å². The standard InChI is InChI=1S/C16H22N2O/c19-15(11-12-6-9-17-10-7-12)14-5-1-3-13-4-2-8-18-16(13)14/h2,4,8,12,14,17H,1,3,5-7,9-11H2. The molecule has 1 N–H and O–H groups in total. The third-order valence-electron chi connectivity index (χ3n) is 4.53. The van der Waals surface area contributed by atoms with E-state index in [0.29, 0.717) is 11.7 Å². The molecule has 1 aromatic rings. The van der Waals surface area contributed by atoms with Crippen LogP contribution in [0.4, 0.5) is 0 Å². The molecule has 2 heterocycles. The Bertz CT molecular complexity index is 452. The van der Waals surface area contributed by atoms with E-state index in [1.54, 1.807) is 0 Å². The maximum atomic E-state index is 12.6. The molecule has 0 amide bonds. The maximum absolute atomic E-state index is 12.6. The molecule has 0 bridgehead atoms. The van der Waals surface area contributed by atoms with Crippen LogP contribution in [0.3, 0.4) is 0 Å². The quantitative estimate of drug-likeness (QED) is 0.905. The number of aromatic nitrogens is 1. The summed E-state index contributed by atoms with van der Waals surface area (Å²) in [5, 5.41) is 3.36. The number of fused-ring (bicyclic) bond motifs is 1. The largest absolute Gasteiger partial charge is 0.317 e. The molecule has 1 saturated heterocycles. The van der Waals surface area contributed by atoms with Gasteiger partial charge in [-0.1, -0.05) is 6.07 Å². The first-order valence-electron chi connectivity index (χ1n) is 7.52. The van der Waals surface area contributed by atoms with Gasteiger partial charge in [0.1, 0.15) is 5.78 Å². The van der Waals surface area contributed by atoms with E-state index in [-0.39, 0.29) is 5.92 Å². The molecule has 1 aromatic heterocycles. The molecule has 1 fully saturated rings. The Morgan fingerprint density at radius 1 is 1.32 bits per heavy atom. The van der Waals surface area contributed by atoms with Crippen LogP contribution in [0.1, 0.15) is 49.3 Å². The average Bonchev–Trinajstić information content (AvgIpc) is 2.47. The number of pyridine rings is 1. The van der Waals surface area contributed by atoms with Crippen LogP contribution in [0, 0.1) is 5.92 Å². The number of Topliss-reactive ketones (excluding diaryl/α,β-unsaturated/α-hetero) is 1. The van der Waals surface area contributed by atoms with Crippen molar-refractivity contribution in [1.82, 2.24) is 10.3 Å². The van der Waals surface area contributed by atoms with Crippen molar-refractivity contribution in [3.63, 3.8) is 0 Å². The Labute approximate surface area is 114 Å². The highest BCUT2D eigenvalue weighted by Crippen LogP contribution is 2.32. The van der Waals surface area contributed by atoms with Gasteiger partial charge < -0.3 is 5.32 Å². The van der Waals surface area contributed by atoms with Crippen LogP contribution in [-0.4, -0.2) is 23.9 Å². The van der Waals surface area contributed by atoms with Gasteiger partial charge in [-0.3, -0.25) is 9.78 Å². The molecule has 0 spiro atoms. The lowest BCUT2D eigenvalue weighted by atomic mass is 9.80. The van der Waals surface area contributed by atoms with Gasteiger partial charge >= 0.3 is 0 Å². The molecule has 1 atom stereocenters. The summed E-state index contributed by atoms with van der Waals surface area (Å²) in [4.78, 5) is 17.1. The van der Waals surface area contributed by atoms with Crippen LogP contribution in [-0.2, 0) is 11.2 Å². The molecule has 0 radical (unpaired) electrons. The first-order valence-corrected chi connectivity index (χ1v) is 7.52. The second-order valence-corrected chi connectivity index (χ2v) is 5.86. The molecule has 3 nitrogen and oxygen atoms in total. The number of ketones is 1. The van der Waals surface area contributed by atoms with Crippen molar-refractivity contribution < 1.29 is 4.79 Å². The SMILES string of the molecule is O=C(CC1CCNCC1)C1CCCc2cccnc21. The molecule has 0 saturated carbocycles. The molecule has 0 aromatic carbocycles. The Kier molecular flexibility index (Phi) is 3.92. The molecule has 3 rings (SSSR count). The summed E-state index contributed by atoms with van der Waals surface area (Å²) in [5.74, 6) is 1.08. The Hall–Kier alpha value is -1.22. The van der Waals surface area contributed by atoms with Crippen molar-refractivity contribution in [2.45, 2.75) is 44.4 Å². The van der Waals surface area contributed by atoms with Gasteiger partial charge in [0.05, 0.1) is 11.6 Å². The third kappa shape index (κ3) is 2.86. The first kappa shape index (κ1) is 12.8. The number of piperidine rings is 1. The lowest BCUT2D eigenvalue weighted by Crippen LogP contribution is -2.30. The van der Waals surface area contributed by atoms with Gasteiger partial charge in [0.2, 0.25) is 0 Å². The Morgan fingerprint density at radius 3 is 3.00 bits per heavy atom. The zero-order valence-corrected chi connectivity index (χ0v) is 11.4. The number of rotatable bonds is 3. The normalized spacial score (nSPS) is 23.9. The lowest BCUT2D eigenvalue weighted by molar-refractivity contribution is -0.122. The molecule has 1 aliphatic heterocycles. The minimum Gasteiger partial charge on any atom is -0.317 e. The van der Waals surface area contributed by atoms with Crippen molar-refractivity contribution in [1.29, 1.82) is 0 Å². The maximum Gasteiger partial charge on any atom is 0.142 e. The van der Waals surface area contributed by atoms with Gasteiger partial charge in [-0.25, -0.2) is 0 Å². The van der Waals surface area contributed by atoms with Crippen molar-refractivity contribution in [3.05, 3.63) is 29.6 Å². The van der Waals surface area contributed by atoms with Crippen LogP contribution >= 0.6 is 0 Å². The predicted octanol–water partition coefficient (Wildman–Crippen LogP) is 2.46. The number of carbonyl (C=O) groups excluding carboxylic acids is 1. The van der Waals surface area contributed by atoms with Gasteiger partial charge in [-0.05, 0) is 62.7 Å². The van der Waals surface area contributed by atoms with E-state index in [9.17, 15) is 4.79 Å². The van der Waals surface area contributed by atoms with E-state index in [1.165, 1.54) is 5.56 Å². The molecule has 102 valence electrons. The zero-order valence-electron chi connectivity index (χ0n) is 11.4. The summed E-state index contributed by atoms with van der Waals surface area (Å²) < 4.78 is 0. The summed E-state index contributed by atoms with van der Waals surface area (Å²) in [7, 11) is 0. The monoisotopic (exact) mass is 258 g/mol. The first-order chi connectivity index (χ1) is 9.34. The van der Waals surface area contributed by atoms with Crippen LogP contribution in [0.2, 0.25) is 0 Å². The summed E-state index contributed by atoms with van der Waals surface area (Å²) in [6.07, 6.45) is 8.08. The van der Waals surface area contributed by atoms with E-state index >= 15 is 0 Å². The number of aryl methyl sites for hydroxylation is 1. The topological polar surface area (TPSA) is 42.0 Å². The molecule has 3 heteroatoms. The molecule has 19 heavy (non-hydrogen) atoms. The van der Waals surface area contributed by atoms with Crippen molar-refractivity contribution in [2.75, 3.05) is 13.1 Å². The Balaban J connectivity index is 1.70. The molecular formula is C16H22N2O. The number of nitrogens with zero attached hydrogens (tertiary/aromatic N) is 1. The summed E-state index contributed by atoms with van der Waals surface area (Å²) in [6.45, 7) is 2.13. The van der Waals surface area contributed by atoms with Gasteiger partial charge in [0, 0.05) is 12.6 Å². The second kappa shape index (κ2) is 5.83. The zero-order chi connectivity index (χ0) is 13.1. The number of hydrogen-bond donors (Lipinski definition) is 1. The fraction of sp³-hybridized carbons (Fsp3) is 0.625. The molecule has 1 unspecified atom stereocenters. The third-order valence-corrected chi connectivity index (χ3v) is 4.53. The van der Waals surface area contributed by atoms with Crippen LogP contribution in [0.25, 0.3) is 0 Å². The fourth-order valence-electron chi connectivity index (χ4n) is 3.44. The highest BCUT2D eigenvalue weighted by Gasteiger charge is 2.29. The smallest absolute Gasteiger partial charge is 0.142 e. The minimum atomic E-state index is 0.0693. The number of nitrogens with one attached hydrogen (secondary N) is 1. The van der Waals surface area contributed by atoms with E-state index < -0.39 is 0 Å². The van der Waals surface area contributed by atoms with Crippen LogP contribution < -0.4 is 5.32 Å².